The van der Waals surface area contributed by atoms with Crippen molar-refractivity contribution in [3.63, 3.8) is 0 Å². The maximum absolute atomic E-state index is 4.49. The summed E-state index contributed by atoms with van der Waals surface area (Å²) in [4.78, 5) is 0. The zero-order valence-electron chi connectivity index (χ0n) is 20.8. The van der Waals surface area contributed by atoms with E-state index in [0.29, 0.717) is 0 Å². The minimum Gasteiger partial charge on any atom is -0.359 e. The molecule has 0 atom stereocenters. The molecule has 0 bridgehead atoms. The van der Waals surface area contributed by atoms with Crippen molar-refractivity contribution in [1.29, 1.82) is 0 Å². The van der Waals surface area contributed by atoms with E-state index in [2.05, 4.69) is 121 Å². The smallest absolute Gasteiger partial charge is 0.0394 e. The van der Waals surface area contributed by atoms with Crippen LogP contribution in [-0.2, 0) is 6.42 Å². The highest BCUT2D eigenvalue weighted by Crippen LogP contribution is 2.41. The molecule has 0 aromatic heterocycles. The Morgan fingerprint density at radius 1 is 0.526 bits per heavy atom. The average Bonchev–Trinajstić information content (AvgIpc) is 2.94. The maximum Gasteiger partial charge on any atom is 0.0394 e. The maximum atomic E-state index is 4.49. The lowest BCUT2D eigenvalue weighted by Gasteiger charge is -2.25. The van der Waals surface area contributed by atoms with Crippen molar-refractivity contribution < 1.29 is 0 Å². The van der Waals surface area contributed by atoms with Gasteiger partial charge in [-0.15, -0.1) is 0 Å². The third-order valence-corrected chi connectivity index (χ3v) is 8.54. The number of benzene rings is 8. The predicted molar refractivity (Wildman–Crippen MR) is 164 cm³/mol. The summed E-state index contributed by atoms with van der Waals surface area (Å²) in [5.41, 5.74) is 5.93. The van der Waals surface area contributed by atoms with Crippen molar-refractivity contribution in [3.8, 4) is 0 Å². The molecule has 0 saturated carbocycles. The van der Waals surface area contributed by atoms with Gasteiger partial charge in [0.15, 0.2) is 0 Å². The highest BCUT2D eigenvalue weighted by atomic mass is 14.9. The monoisotopic (exact) mass is 481 g/mol. The van der Waals surface area contributed by atoms with E-state index in [1.54, 1.807) is 0 Å². The van der Waals surface area contributed by atoms with Gasteiger partial charge in [-0.2, -0.15) is 0 Å². The molecule has 0 amide bonds. The van der Waals surface area contributed by atoms with Crippen LogP contribution in [0.3, 0.4) is 0 Å². The first kappa shape index (κ1) is 20.2. The highest BCUT2D eigenvalue weighted by molar-refractivity contribution is 6.26. The predicted octanol–water partition coefficient (Wildman–Crippen LogP) is 9.64. The van der Waals surface area contributed by atoms with Crippen LogP contribution in [0.2, 0.25) is 0 Å². The third-order valence-electron chi connectivity index (χ3n) is 8.54. The quantitative estimate of drug-likeness (QED) is 0.242. The van der Waals surface area contributed by atoms with Crippen LogP contribution < -0.4 is 5.32 Å². The topological polar surface area (TPSA) is 12.0 Å². The normalized spacial score (nSPS) is 13.8. The molecule has 1 aliphatic rings. The molecule has 1 heteroatoms. The lowest BCUT2D eigenvalue weighted by Crippen LogP contribution is -2.18. The molecule has 0 fully saturated rings. The van der Waals surface area contributed by atoms with Gasteiger partial charge in [0.05, 0.1) is 0 Å². The Bertz CT molecular complexity index is 2220. The van der Waals surface area contributed by atoms with Gasteiger partial charge in [0.2, 0.25) is 0 Å². The lowest BCUT2D eigenvalue weighted by atomic mass is 9.86. The van der Waals surface area contributed by atoms with Gasteiger partial charge in [0.1, 0.15) is 0 Å². The Labute approximate surface area is 220 Å². The summed E-state index contributed by atoms with van der Waals surface area (Å²) in [7, 11) is 0. The Hall–Kier alpha value is -4.88. The first-order chi connectivity index (χ1) is 18.7. The molecular formula is C37H23N. The van der Waals surface area contributed by atoms with Crippen molar-refractivity contribution in [1.82, 2.24) is 5.32 Å². The molecule has 1 nitrogen and oxygen atoms in total. The summed E-state index contributed by atoms with van der Waals surface area (Å²) < 4.78 is 0. The molecule has 176 valence electrons. The number of fused-ring (bicyclic) bond motifs is 2. The molecule has 0 unspecified atom stereocenters. The molecule has 1 aliphatic heterocycles. The van der Waals surface area contributed by atoms with Gasteiger partial charge in [-0.1, -0.05) is 104 Å². The van der Waals surface area contributed by atoms with Crippen molar-refractivity contribution in [3.05, 3.63) is 132 Å². The number of nitrogens with one attached hydrogen (secondary N) is 1. The van der Waals surface area contributed by atoms with Gasteiger partial charge in [0.25, 0.3) is 0 Å². The van der Waals surface area contributed by atoms with Gasteiger partial charge < -0.3 is 5.32 Å². The molecule has 0 radical (unpaired) electrons. The largest absolute Gasteiger partial charge is 0.359 e. The van der Waals surface area contributed by atoms with E-state index in [1.165, 1.54) is 87.0 Å². The lowest BCUT2D eigenvalue weighted by molar-refractivity contribution is 0.993. The third kappa shape index (κ3) is 2.65. The van der Waals surface area contributed by atoms with E-state index in [-0.39, 0.29) is 0 Å². The van der Waals surface area contributed by atoms with Crippen molar-refractivity contribution in [2.45, 2.75) is 6.42 Å². The standard InChI is InChI=1S/C37H23N/c1-21-33-30(19-29-13-10-25-6-3-7-26-14-15-32(33)37(29)35(25)26)20-31(38-21)18-22-16-27-11-8-23-4-2-5-24-9-12-28(17-22)36(27)34(23)24/h2-17,19-20,38H,1,18H2. The van der Waals surface area contributed by atoms with E-state index >= 15 is 0 Å². The molecule has 1 heterocycles. The van der Waals surface area contributed by atoms with Crippen LogP contribution in [0.15, 0.2) is 115 Å². The van der Waals surface area contributed by atoms with Gasteiger partial charge >= 0.3 is 0 Å². The fourth-order valence-electron chi connectivity index (χ4n) is 7.00. The van der Waals surface area contributed by atoms with Crippen LogP contribution in [0, 0.1) is 0 Å². The van der Waals surface area contributed by atoms with Crippen LogP contribution in [0.4, 0.5) is 0 Å². The molecular weight excluding hydrogens is 458 g/mol. The van der Waals surface area contributed by atoms with Gasteiger partial charge in [-0.05, 0) is 87.9 Å². The second-order valence-electron chi connectivity index (χ2n) is 10.8. The van der Waals surface area contributed by atoms with E-state index in [0.717, 1.165) is 12.1 Å². The minimum atomic E-state index is 0.833. The van der Waals surface area contributed by atoms with E-state index in [1.807, 2.05) is 0 Å². The van der Waals surface area contributed by atoms with Crippen LogP contribution in [-0.4, -0.2) is 0 Å². The zero-order valence-corrected chi connectivity index (χ0v) is 20.8. The van der Waals surface area contributed by atoms with Crippen molar-refractivity contribution >= 4 is 76.4 Å². The number of hydrogen-bond donors (Lipinski definition) is 1. The summed E-state index contributed by atoms with van der Waals surface area (Å²) in [6.07, 6.45) is 3.16. The highest BCUT2D eigenvalue weighted by Gasteiger charge is 2.20. The molecule has 0 spiro atoms. The Morgan fingerprint density at radius 2 is 1.03 bits per heavy atom. The second-order valence-corrected chi connectivity index (χ2v) is 10.8. The van der Waals surface area contributed by atoms with Crippen LogP contribution in [0.25, 0.3) is 76.4 Å². The molecule has 8 aromatic rings. The average molecular weight is 482 g/mol. The van der Waals surface area contributed by atoms with Crippen LogP contribution in [0.5, 0.6) is 0 Å². The summed E-state index contributed by atoms with van der Waals surface area (Å²) in [6, 6.07) is 38.3. The van der Waals surface area contributed by atoms with Crippen molar-refractivity contribution in [2.75, 3.05) is 0 Å². The minimum absolute atomic E-state index is 0.833. The van der Waals surface area contributed by atoms with Crippen LogP contribution >= 0.6 is 0 Å². The fraction of sp³-hybridized carbons (Fsp3) is 0.0270. The molecule has 38 heavy (non-hydrogen) atoms. The van der Waals surface area contributed by atoms with E-state index in [4.69, 9.17) is 0 Å². The van der Waals surface area contributed by atoms with Crippen molar-refractivity contribution in [2.24, 2.45) is 0 Å². The molecule has 8 aromatic carbocycles. The Balaban J connectivity index is 1.20. The van der Waals surface area contributed by atoms with Gasteiger partial charge in [0, 0.05) is 23.4 Å². The zero-order chi connectivity index (χ0) is 25.0. The summed E-state index contributed by atoms with van der Waals surface area (Å²) >= 11 is 0. The Kier molecular flexibility index (Phi) is 3.78. The summed E-state index contributed by atoms with van der Waals surface area (Å²) in [5, 5.41) is 19.5. The van der Waals surface area contributed by atoms with E-state index in [9.17, 15) is 0 Å². The summed E-state index contributed by atoms with van der Waals surface area (Å²) in [5.74, 6) is 0. The molecule has 0 saturated heterocycles. The van der Waals surface area contributed by atoms with Crippen LogP contribution in [0.1, 0.15) is 16.7 Å². The number of allylic oxidation sites excluding steroid dienone is 1. The van der Waals surface area contributed by atoms with Gasteiger partial charge in [-0.3, -0.25) is 0 Å². The van der Waals surface area contributed by atoms with E-state index < -0.39 is 0 Å². The first-order valence-corrected chi connectivity index (χ1v) is 13.3. The summed E-state index contributed by atoms with van der Waals surface area (Å²) in [6.45, 7) is 4.49. The fourth-order valence-corrected chi connectivity index (χ4v) is 7.00. The number of rotatable bonds is 2. The molecule has 1 N–H and O–H groups in total. The SMILES string of the molecule is C=C1NC(Cc2cc3ccc4cccc5ccc(c2)c3c45)=Cc2cc3ccc4cccc5ccc(c21)c3c45. The Morgan fingerprint density at radius 3 is 1.66 bits per heavy atom. The molecule has 0 aliphatic carbocycles. The van der Waals surface area contributed by atoms with Gasteiger partial charge in [-0.25, -0.2) is 0 Å². The first-order valence-electron chi connectivity index (χ1n) is 13.3. The number of hydrogen-bond acceptors (Lipinski definition) is 1. The second kappa shape index (κ2) is 7.12. The molecule has 9 rings (SSSR count).